The van der Waals surface area contributed by atoms with Gasteiger partial charge in [-0.15, -0.1) is 0 Å². The quantitative estimate of drug-likeness (QED) is 0.851. The van der Waals surface area contributed by atoms with Gasteiger partial charge in [0, 0.05) is 27.6 Å². The molecule has 1 aromatic carbocycles. The van der Waals surface area contributed by atoms with Gasteiger partial charge in [-0.3, -0.25) is 4.79 Å². The van der Waals surface area contributed by atoms with Gasteiger partial charge in [-0.25, -0.2) is 0 Å². The lowest BCUT2D eigenvalue weighted by Crippen LogP contribution is -2.30. The minimum Gasteiger partial charge on any atom is -0.397 e. The Hall–Kier alpha value is -0.550. The normalized spacial score (nSPS) is 10.2. The molecule has 0 heterocycles. The van der Waals surface area contributed by atoms with Gasteiger partial charge in [0.15, 0.2) is 0 Å². The first-order valence-electron chi connectivity index (χ1n) is 5.05. The van der Waals surface area contributed by atoms with Gasteiger partial charge in [-0.1, -0.05) is 0 Å². The molecule has 1 amide bonds. The molecule has 0 aromatic heterocycles. The van der Waals surface area contributed by atoms with E-state index in [4.69, 9.17) is 5.73 Å². The molecule has 0 aliphatic heterocycles. The number of hydrogen-bond donors (Lipinski definition) is 1. The fourth-order valence-corrected chi connectivity index (χ4v) is 2.59. The number of anilines is 1. The number of nitrogens with zero attached hydrogens (tertiary/aromatic N) is 1. The van der Waals surface area contributed by atoms with Gasteiger partial charge in [0.05, 0.1) is 5.69 Å². The Morgan fingerprint density at radius 1 is 1.25 bits per heavy atom. The summed E-state index contributed by atoms with van der Waals surface area (Å²) in [5.74, 6) is 0.0198. The predicted octanol–water partition coefficient (Wildman–Crippen LogP) is 3.28. The molecule has 0 saturated carbocycles. The maximum atomic E-state index is 12.1. The maximum absolute atomic E-state index is 12.1. The largest absolute Gasteiger partial charge is 0.397 e. The third-order valence-corrected chi connectivity index (χ3v) is 3.69. The summed E-state index contributed by atoms with van der Waals surface area (Å²) in [6.07, 6.45) is 0. The van der Waals surface area contributed by atoms with E-state index in [-0.39, 0.29) is 5.91 Å². The van der Waals surface area contributed by atoms with E-state index >= 15 is 0 Å². The minimum absolute atomic E-state index is 0.0198. The van der Waals surface area contributed by atoms with E-state index in [2.05, 4.69) is 31.9 Å². The van der Waals surface area contributed by atoms with E-state index in [1.165, 1.54) is 0 Å². The van der Waals surface area contributed by atoms with Crippen LogP contribution in [0.25, 0.3) is 0 Å². The van der Waals surface area contributed by atoms with Gasteiger partial charge in [-0.05, 0) is 57.8 Å². The molecule has 0 aliphatic carbocycles. The van der Waals surface area contributed by atoms with E-state index in [0.717, 1.165) is 8.95 Å². The van der Waals surface area contributed by atoms with Crippen molar-refractivity contribution < 1.29 is 4.79 Å². The molecular formula is C11H14Br2N2O. The second-order valence-corrected chi connectivity index (χ2v) is 5.04. The van der Waals surface area contributed by atoms with Crippen LogP contribution in [0, 0.1) is 0 Å². The second-order valence-electron chi connectivity index (χ2n) is 3.33. The Bertz CT molecular complexity index is 380. The molecule has 0 bridgehead atoms. The number of rotatable bonds is 3. The molecule has 0 aliphatic rings. The Labute approximate surface area is 112 Å². The van der Waals surface area contributed by atoms with Crippen LogP contribution in [0.4, 0.5) is 5.69 Å². The van der Waals surface area contributed by atoms with Crippen molar-refractivity contribution in [2.24, 2.45) is 0 Å². The Balaban J connectivity index is 3.10. The molecule has 5 heteroatoms. The number of nitrogens with two attached hydrogens (primary N) is 1. The summed E-state index contributed by atoms with van der Waals surface area (Å²) in [7, 11) is 0. The predicted molar refractivity (Wildman–Crippen MR) is 73.5 cm³/mol. The van der Waals surface area contributed by atoms with Gasteiger partial charge in [-0.2, -0.15) is 0 Å². The van der Waals surface area contributed by atoms with Crippen molar-refractivity contribution in [2.45, 2.75) is 13.8 Å². The Kier molecular flexibility index (Phi) is 4.80. The summed E-state index contributed by atoms with van der Waals surface area (Å²) < 4.78 is 1.47. The van der Waals surface area contributed by atoms with Crippen LogP contribution in [0.5, 0.6) is 0 Å². The van der Waals surface area contributed by atoms with E-state index in [9.17, 15) is 4.79 Å². The highest BCUT2D eigenvalue weighted by molar-refractivity contribution is 9.11. The van der Waals surface area contributed by atoms with E-state index in [0.29, 0.717) is 24.3 Å². The first-order valence-corrected chi connectivity index (χ1v) is 6.63. The highest BCUT2D eigenvalue weighted by atomic mass is 79.9. The van der Waals surface area contributed by atoms with Gasteiger partial charge in [0.25, 0.3) is 5.91 Å². The van der Waals surface area contributed by atoms with Crippen LogP contribution < -0.4 is 5.73 Å². The summed E-state index contributed by atoms with van der Waals surface area (Å²) in [5, 5.41) is 0. The summed E-state index contributed by atoms with van der Waals surface area (Å²) in [6, 6.07) is 3.50. The highest BCUT2D eigenvalue weighted by Crippen LogP contribution is 2.29. The lowest BCUT2D eigenvalue weighted by atomic mass is 10.2. The number of amides is 1. The molecule has 2 N–H and O–H groups in total. The molecule has 0 radical (unpaired) electrons. The van der Waals surface area contributed by atoms with Crippen LogP contribution in [0.2, 0.25) is 0 Å². The van der Waals surface area contributed by atoms with E-state index in [1.54, 1.807) is 17.0 Å². The Morgan fingerprint density at radius 2 is 1.69 bits per heavy atom. The van der Waals surface area contributed by atoms with Crippen molar-refractivity contribution in [1.29, 1.82) is 0 Å². The number of hydrogen-bond acceptors (Lipinski definition) is 2. The van der Waals surface area contributed by atoms with Crippen LogP contribution in [-0.4, -0.2) is 23.9 Å². The summed E-state index contributed by atoms with van der Waals surface area (Å²) in [6.45, 7) is 5.33. The smallest absolute Gasteiger partial charge is 0.253 e. The topological polar surface area (TPSA) is 46.3 Å². The van der Waals surface area contributed by atoms with E-state index < -0.39 is 0 Å². The standard InChI is InChI=1S/C11H14Br2N2O/c1-3-15(4-2)11(16)7-5-8(12)10(14)9(13)6-7/h5-6H,3-4,14H2,1-2H3. The number of halogens is 2. The van der Waals surface area contributed by atoms with E-state index in [1.807, 2.05) is 13.8 Å². The SMILES string of the molecule is CCN(CC)C(=O)c1cc(Br)c(N)c(Br)c1. The van der Waals surface area contributed by atoms with Crippen LogP contribution in [0.3, 0.4) is 0 Å². The lowest BCUT2D eigenvalue weighted by Gasteiger charge is -2.19. The van der Waals surface area contributed by atoms with Gasteiger partial charge in [0.1, 0.15) is 0 Å². The zero-order valence-electron chi connectivity index (χ0n) is 9.26. The molecule has 0 atom stereocenters. The van der Waals surface area contributed by atoms with Crippen molar-refractivity contribution in [1.82, 2.24) is 4.90 Å². The van der Waals surface area contributed by atoms with Gasteiger partial charge < -0.3 is 10.6 Å². The summed E-state index contributed by atoms with van der Waals surface area (Å²) in [5.41, 5.74) is 7.02. The zero-order valence-corrected chi connectivity index (χ0v) is 12.4. The summed E-state index contributed by atoms with van der Waals surface area (Å²) >= 11 is 6.66. The van der Waals surface area contributed by atoms with Crippen LogP contribution >= 0.6 is 31.9 Å². The molecule has 16 heavy (non-hydrogen) atoms. The van der Waals surface area contributed by atoms with Crippen molar-refractivity contribution >= 4 is 43.5 Å². The van der Waals surface area contributed by atoms with Gasteiger partial charge >= 0.3 is 0 Å². The van der Waals surface area contributed by atoms with Crippen LogP contribution in [-0.2, 0) is 0 Å². The van der Waals surface area contributed by atoms with Gasteiger partial charge in [0.2, 0.25) is 0 Å². The maximum Gasteiger partial charge on any atom is 0.253 e. The van der Waals surface area contributed by atoms with Crippen LogP contribution in [0.1, 0.15) is 24.2 Å². The molecule has 3 nitrogen and oxygen atoms in total. The van der Waals surface area contributed by atoms with Crippen molar-refractivity contribution in [2.75, 3.05) is 18.8 Å². The first-order chi connectivity index (χ1) is 7.51. The molecule has 1 rings (SSSR count). The summed E-state index contributed by atoms with van der Waals surface area (Å²) in [4.78, 5) is 13.8. The molecule has 88 valence electrons. The number of nitrogen functional groups attached to an aromatic ring is 1. The highest BCUT2D eigenvalue weighted by Gasteiger charge is 2.15. The van der Waals surface area contributed by atoms with Crippen molar-refractivity contribution in [3.8, 4) is 0 Å². The molecule has 0 unspecified atom stereocenters. The average Bonchev–Trinajstić information content (AvgIpc) is 2.26. The third-order valence-electron chi connectivity index (χ3n) is 2.38. The van der Waals surface area contributed by atoms with Crippen molar-refractivity contribution in [3.05, 3.63) is 26.6 Å². The third kappa shape index (κ3) is 2.77. The molecule has 0 spiro atoms. The lowest BCUT2D eigenvalue weighted by molar-refractivity contribution is 0.0773. The zero-order chi connectivity index (χ0) is 12.3. The molecule has 0 saturated heterocycles. The minimum atomic E-state index is 0.0198. The second kappa shape index (κ2) is 5.68. The monoisotopic (exact) mass is 348 g/mol. The fourth-order valence-electron chi connectivity index (χ4n) is 1.40. The molecule has 1 aromatic rings. The Morgan fingerprint density at radius 3 is 2.06 bits per heavy atom. The molecule has 0 fully saturated rings. The van der Waals surface area contributed by atoms with Crippen molar-refractivity contribution in [3.63, 3.8) is 0 Å². The molecular weight excluding hydrogens is 336 g/mol. The first kappa shape index (κ1) is 13.5. The number of benzene rings is 1. The number of carbonyl (C=O) groups excluding carboxylic acids is 1. The average molecular weight is 350 g/mol. The van der Waals surface area contributed by atoms with Crippen LogP contribution in [0.15, 0.2) is 21.1 Å². The number of carbonyl (C=O) groups is 1. The fraction of sp³-hybridized carbons (Fsp3) is 0.364.